The average Bonchev–Trinajstić information content (AvgIpc) is 3.11. The topological polar surface area (TPSA) is 182 Å². The lowest BCUT2D eigenvalue weighted by atomic mass is 9.82. The molecule has 36 heavy (non-hydrogen) atoms. The standard InChI is InChI=1S/C18H24N4O.C6H8O7/c1-21-13-6-5-7-14(21)11-12(10-13)19-18(23)17-15-8-3-4-9-16(15)22(2)20-17;7-3(8)1-6(13,5(11)12)2-4(9)10/h3-4,8-9,12-14H,5-7,10-11H2,1-2H3,(H,19,23);13H,1-2H2,(H,7,8)(H,9,10)(H,11,12)/t13-,14-;/m0./s1. The average molecular weight is 505 g/mol. The number of carboxylic acid groups (broad SMARTS) is 3. The summed E-state index contributed by atoms with van der Waals surface area (Å²) in [7, 11) is 4.12. The van der Waals surface area contributed by atoms with Crippen LogP contribution in [0.5, 0.6) is 0 Å². The number of para-hydroxylation sites is 1. The number of benzene rings is 1. The molecule has 1 aromatic heterocycles. The monoisotopic (exact) mass is 504 g/mol. The maximum absolute atomic E-state index is 12.7. The van der Waals surface area contributed by atoms with Gasteiger partial charge in [0.2, 0.25) is 0 Å². The van der Waals surface area contributed by atoms with E-state index in [0.29, 0.717) is 17.8 Å². The summed E-state index contributed by atoms with van der Waals surface area (Å²) >= 11 is 0. The van der Waals surface area contributed by atoms with Crippen LogP contribution in [0.3, 0.4) is 0 Å². The molecule has 2 saturated heterocycles. The first-order valence-corrected chi connectivity index (χ1v) is 11.7. The second-order valence-electron chi connectivity index (χ2n) is 9.51. The van der Waals surface area contributed by atoms with E-state index in [1.54, 1.807) is 4.68 Å². The molecule has 2 atom stereocenters. The summed E-state index contributed by atoms with van der Waals surface area (Å²) in [5, 5.41) is 42.4. The van der Waals surface area contributed by atoms with Gasteiger partial charge < -0.3 is 30.6 Å². The SMILES string of the molecule is CN1[C@H]2CCC[C@H]1CC(NC(=O)c1nn(C)c3ccccc13)C2.O=C(O)CC(O)(CC(=O)O)C(=O)O. The third kappa shape index (κ3) is 6.18. The summed E-state index contributed by atoms with van der Waals surface area (Å²) < 4.78 is 1.79. The van der Waals surface area contributed by atoms with Gasteiger partial charge in [0.25, 0.3) is 5.91 Å². The maximum atomic E-state index is 12.7. The number of carbonyl (C=O) groups excluding carboxylic acids is 1. The minimum absolute atomic E-state index is 0.0329. The highest BCUT2D eigenvalue weighted by Gasteiger charge is 2.41. The van der Waals surface area contributed by atoms with Gasteiger partial charge in [0.15, 0.2) is 11.3 Å². The van der Waals surface area contributed by atoms with Crippen LogP contribution >= 0.6 is 0 Å². The van der Waals surface area contributed by atoms with Gasteiger partial charge >= 0.3 is 17.9 Å². The number of aliphatic carboxylic acids is 3. The van der Waals surface area contributed by atoms with Crippen LogP contribution in [0, 0.1) is 0 Å². The van der Waals surface area contributed by atoms with Crippen LogP contribution in [0.4, 0.5) is 0 Å². The third-order valence-electron chi connectivity index (χ3n) is 6.93. The van der Waals surface area contributed by atoms with Gasteiger partial charge in [-0.15, -0.1) is 0 Å². The number of hydrogen-bond acceptors (Lipinski definition) is 7. The van der Waals surface area contributed by atoms with Gasteiger partial charge in [-0.3, -0.25) is 19.1 Å². The zero-order valence-electron chi connectivity index (χ0n) is 20.3. The van der Waals surface area contributed by atoms with Crippen molar-refractivity contribution < 1.29 is 39.6 Å². The van der Waals surface area contributed by atoms with Crippen molar-refractivity contribution in [2.75, 3.05) is 7.05 Å². The smallest absolute Gasteiger partial charge is 0.336 e. The molecule has 4 rings (SSSR count). The lowest BCUT2D eigenvalue weighted by Crippen LogP contribution is -2.55. The van der Waals surface area contributed by atoms with Crippen LogP contribution in [-0.4, -0.2) is 89.7 Å². The van der Waals surface area contributed by atoms with Gasteiger partial charge in [-0.2, -0.15) is 5.10 Å². The zero-order valence-corrected chi connectivity index (χ0v) is 20.3. The second kappa shape index (κ2) is 11.0. The van der Waals surface area contributed by atoms with Crippen molar-refractivity contribution in [1.82, 2.24) is 20.0 Å². The van der Waals surface area contributed by atoms with Crippen LogP contribution in [0.25, 0.3) is 10.9 Å². The number of carbonyl (C=O) groups is 4. The Morgan fingerprint density at radius 2 is 1.56 bits per heavy atom. The fraction of sp³-hybridized carbons (Fsp3) is 0.542. The fourth-order valence-corrected chi connectivity index (χ4v) is 5.08. The van der Waals surface area contributed by atoms with E-state index in [0.717, 1.165) is 23.7 Å². The number of amides is 1. The molecule has 2 bridgehead atoms. The van der Waals surface area contributed by atoms with Crippen LogP contribution in [0.2, 0.25) is 0 Å². The molecule has 0 saturated carbocycles. The highest BCUT2D eigenvalue weighted by Crippen LogP contribution is 2.32. The Morgan fingerprint density at radius 3 is 2.08 bits per heavy atom. The molecule has 2 fully saturated rings. The van der Waals surface area contributed by atoms with E-state index in [1.165, 1.54) is 19.3 Å². The molecule has 196 valence electrons. The minimum Gasteiger partial charge on any atom is -0.481 e. The van der Waals surface area contributed by atoms with Crippen molar-refractivity contribution in [1.29, 1.82) is 0 Å². The largest absolute Gasteiger partial charge is 0.481 e. The molecular formula is C24H32N4O8. The summed E-state index contributed by atoms with van der Waals surface area (Å²) in [6.45, 7) is 0. The lowest BCUT2D eigenvalue weighted by molar-refractivity contribution is -0.170. The molecule has 2 aliphatic rings. The molecule has 0 unspecified atom stereocenters. The van der Waals surface area contributed by atoms with E-state index in [4.69, 9.17) is 20.4 Å². The van der Waals surface area contributed by atoms with Gasteiger partial charge in [-0.05, 0) is 38.8 Å². The number of nitrogens with one attached hydrogen (secondary N) is 1. The van der Waals surface area contributed by atoms with Crippen molar-refractivity contribution in [3.63, 3.8) is 0 Å². The Balaban J connectivity index is 0.000000240. The lowest BCUT2D eigenvalue weighted by Gasteiger charge is -2.47. The van der Waals surface area contributed by atoms with E-state index in [1.807, 2.05) is 31.3 Å². The Kier molecular flexibility index (Phi) is 8.31. The van der Waals surface area contributed by atoms with Crippen molar-refractivity contribution in [2.45, 2.75) is 68.7 Å². The van der Waals surface area contributed by atoms with Gasteiger partial charge in [0, 0.05) is 30.6 Å². The van der Waals surface area contributed by atoms with Gasteiger partial charge in [0.1, 0.15) is 0 Å². The van der Waals surface area contributed by atoms with Crippen molar-refractivity contribution in [2.24, 2.45) is 7.05 Å². The minimum atomic E-state index is -2.74. The van der Waals surface area contributed by atoms with E-state index >= 15 is 0 Å². The Bertz CT molecular complexity index is 1120. The summed E-state index contributed by atoms with van der Waals surface area (Å²) in [4.78, 5) is 45.7. The summed E-state index contributed by atoms with van der Waals surface area (Å²) in [6, 6.07) is 9.42. The molecule has 5 N–H and O–H groups in total. The molecule has 3 heterocycles. The predicted molar refractivity (Wildman–Crippen MR) is 127 cm³/mol. The Labute approximate surface area is 207 Å². The molecule has 0 aliphatic carbocycles. The van der Waals surface area contributed by atoms with Crippen LogP contribution in [-0.2, 0) is 21.4 Å². The number of piperidine rings is 2. The molecule has 0 spiro atoms. The van der Waals surface area contributed by atoms with E-state index < -0.39 is 36.4 Å². The van der Waals surface area contributed by atoms with E-state index in [2.05, 4.69) is 22.4 Å². The van der Waals surface area contributed by atoms with Crippen LogP contribution < -0.4 is 5.32 Å². The Morgan fingerprint density at radius 1 is 1.00 bits per heavy atom. The van der Waals surface area contributed by atoms with Gasteiger partial charge in [-0.1, -0.05) is 24.6 Å². The summed E-state index contributed by atoms with van der Waals surface area (Å²) in [5.74, 6) is -5.05. The third-order valence-corrected chi connectivity index (χ3v) is 6.93. The number of carboxylic acids is 3. The fourth-order valence-electron chi connectivity index (χ4n) is 5.08. The number of aromatic nitrogens is 2. The molecule has 12 nitrogen and oxygen atoms in total. The maximum Gasteiger partial charge on any atom is 0.336 e. The van der Waals surface area contributed by atoms with Gasteiger partial charge in [-0.25, -0.2) is 4.79 Å². The first kappa shape index (κ1) is 27.1. The molecule has 1 amide bonds. The number of fused-ring (bicyclic) bond motifs is 3. The molecule has 2 aromatic rings. The summed E-state index contributed by atoms with van der Waals surface area (Å²) in [6.07, 6.45) is 3.67. The van der Waals surface area contributed by atoms with Crippen LogP contribution in [0.15, 0.2) is 24.3 Å². The highest BCUT2D eigenvalue weighted by molar-refractivity contribution is 6.04. The molecular weight excluding hydrogens is 472 g/mol. The first-order valence-electron chi connectivity index (χ1n) is 11.7. The number of rotatable bonds is 7. The second-order valence-corrected chi connectivity index (χ2v) is 9.51. The molecule has 12 heteroatoms. The number of hydrogen-bond donors (Lipinski definition) is 5. The molecule has 0 radical (unpaired) electrons. The Hall–Kier alpha value is -3.51. The normalized spacial score (nSPS) is 21.8. The predicted octanol–water partition coefficient (Wildman–Crippen LogP) is 1.07. The molecule has 2 aliphatic heterocycles. The van der Waals surface area contributed by atoms with Crippen molar-refractivity contribution >= 4 is 34.7 Å². The molecule has 1 aromatic carbocycles. The van der Waals surface area contributed by atoms with E-state index in [-0.39, 0.29) is 11.9 Å². The first-order chi connectivity index (χ1) is 16.9. The van der Waals surface area contributed by atoms with E-state index in [9.17, 15) is 19.2 Å². The summed E-state index contributed by atoms with van der Waals surface area (Å²) in [5.41, 5.74) is -1.19. The van der Waals surface area contributed by atoms with Gasteiger partial charge in [0.05, 0.1) is 18.4 Å². The van der Waals surface area contributed by atoms with Crippen molar-refractivity contribution in [3.05, 3.63) is 30.0 Å². The number of aryl methyl sites for hydroxylation is 1. The highest BCUT2D eigenvalue weighted by atomic mass is 16.4. The quantitative estimate of drug-likeness (QED) is 0.366. The van der Waals surface area contributed by atoms with Crippen molar-refractivity contribution in [3.8, 4) is 0 Å². The zero-order chi connectivity index (χ0) is 26.6. The number of nitrogens with zero attached hydrogens (tertiary/aromatic N) is 3. The number of aliphatic hydroxyl groups is 1. The van der Waals surface area contributed by atoms with Crippen LogP contribution in [0.1, 0.15) is 55.4 Å².